The van der Waals surface area contributed by atoms with Gasteiger partial charge in [0.15, 0.2) is 0 Å². The normalized spacial score (nSPS) is 19.3. The molecule has 0 aromatic heterocycles. The predicted molar refractivity (Wildman–Crippen MR) is 56.4 cm³/mol. The molecule has 18 heavy (non-hydrogen) atoms. The Kier molecular flexibility index (Phi) is 4.26. The molecule has 0 saturated heterocycles. The molecule has 0 unspecified atom stereocenters. The second kappa shape index (κ2) is 5.04. The molecule has 0 atom stereocenters. The second-order valence-electron chi connectivity index (χ2n) is 4.38. The molecule has 1 aliphatic carbocycles. The van der Waals surface area contributed by atoms with Crippen LogP contribution in [-0.2, 0) is 14.8 Å². The summed E-state index contributed by atoms with van der Waals surface area (Å²) in [5.41, 5.74) is -1.52. The van der Waals surface area contributed by atoms with Gasteiger partial charge in [0.1, 0.15) is 5.54 Å². The van der Waals surface area contributed by atoms with Gasteiger partial charge in [0.05, 0.1) is 5.75 Å². The van der Waals surface area contributed by atoms with Crippen molar-refractivity contribution >= 4 is 16.0 Å². The van der Waals surface area contributed by atoms with Crippen LogP contribution in [-0.4, -0.2) is 37.0 Å². The van der Waals surface area contributed by atoms with Crippen molar-refractivity contribution in [3.8, 4) is 0 Å². The molecule has 2 N–H and O–H groups in total. The molecule has 1 rings (SSSR count). The molecular weight excluding hydrogens is 275 g/mol. The summed E-state index contributed by atoms with van der Waals surface area (Å²) in [6.07, 6.45) is -5.27. The molecule has 0 heterocycles. The lowest BCUT2D eigenvalue weighted by Gasteiger charge is -2.37. The van der Waals surface area contributed by atoms with Crippen molar-refractivity contribution in [1.82, 2.24) is 4.72 Å². The van der Waals surface area contributed by atoms with Crippen LogP contribution in [0.25, 0.3) is 0 Å². The number of nitrogens with one attached hydrogen (secondary N) is 1. The lowest BCUT2D eigenvalue weighted by molar-refractivity contribution is -0.147. The SMILES string of the molecule is O=C(O)C1(NS(=O)(=O)CCCC(F)(F)F)CCC1. The smallest absolute Gasteiger partial charge is 0.389 e. The predicted octanol–water partition coefficient (Wildman–Crippen LogP) is 1.26. The van der Waals surface area contributed by atoms with E-state index >= 15 is 0 Å². The summed E-state index contributed by atoms with van der Waals surface area (Å²) in [4.78, 5) is 10.9. The van der Waals surface area contributed by atoms with E-state index in [2.05, 4.69) is 0 Å². The molecule has 9 heteroatoms. The summed E-state index contributed by atoms with van der Waals surface area (Å²) in [6, 6.07) is 0. The number of rotatable bonds is 6. The fourth-order valence-electron chi connectivity index (χ4n) is 1.70. The van der Waals surface area contributed by atoms with E-state index in [0.717, 1.165) is 0 Å². The maximum Gasteiger partial charge on any atom is 0.389 e. The van der Waals surface area contributed by atoms with Crippen molar-refractivity contribution in [3.63, 3.8) is 0 Å². The van der Waals surface area contributed by atoms with E-state index in [1.807, 2.05) is 4.72 Å². The highest BCUT2D eigenvalue weighted by Gasteiger charge is 2.47. The van der Waals surface area contributed by atoms with Crippen LogP contribution in [0, 0.1) is 0 Å². The van der Waals surface area contributed by atoms with Gasteiger partial charge in [-0.15, -0.1) is 0 Å². The van der Waals surface area contributed by atoms with Crippen LogP contribution in [0.3, 0.4) is 0 Å². The zero-order valence-electron chi connectivity index (χ0n) is 9.46. The molecule has 0 radical (unpaired) electrons. The maximum absolute atomic E-state index is 11.9. The van der Waals surface area contributed by atoms with Crippen LogP contribution in [0.15, 0.2) is 0 Å². The molecule has 0 aliphatic heterocycles. The third kappa shape index (κ3) is 4.13. The molecule has 0 spiro atoms. The molecule has 1 aliphatic rings. The number of sulfonamides is 1. The van der Waals surface area contributed by atoms with E-state index in [-0.39, 0.29) is 12.8 Å². The molecule has 1 saturated carbocycles. The monoisotopic (exact) mass is 289 g/mol. The van der Waals surface area contributed by atoms with Gasteiger partial charge in [-0.1, -0.05) is 0 Å². The van der Waals surface area contributed by atoms with Crippen molar-refractivity contribution in [2.75, 3.05) is 5.75 Å². The summed E-state index contributed by atoms with van der Waals surface area (Å²) >= 11 is 0. The molecule has 1 fully saturated rings. The van der Waals surface area contributed by atoms with E-state index in [1.54, 1.807) is 0 Å². The zero-order valence-corrected chi connectivity index (χ0v) is 10.3. The Balaban J connectivity index is 2.52. The minimum absolute atomic E-state index is 0.167. The van der Waals surface area contributed by atoms with Gasteiger partial charge < -0.3 is 5.11 Å². The summed E-state index contributed by atoms with van der Waals surface area (Å²) in [6.45, 7) is 0. The number of alkyl halides is 3. The van der Waals surface area contributed by atoms with Crippen LogP contribution in [0.2, 0.25) is 0 Å². The van der Waals surface area contributed by atoms with Crippen LogP contribution in [0.1, 0.15) is 32.1 Å². The third-order valence-corrected chi connectivity index (χ3v) is 4.37. The number of hydrogen-bond acceptors (Lipinski definition) is 3. The first-order chi connectivity index (χ1) is 8.06. The number of aliphatic carboxylic acids is 1. The minimum atomic E-state index is -4.41. The number of hydrogen-bond donors (Lipinski definition) is 2. The van der Waals surface area contributed by atoms with Crippen molar-refractivity contribution in [1.29, 1.82) is 0 Å². The fraction of sp³-hybridized carbons (Fsp3) is 0.889. The van der Waals surface area contributed by atoms with E-state index < -0.39 is 46.3 Å². The van der Waals surface area contributed by atoms with Crippen LogP contribution in [0.4, 0.5) is 13.2 Å². The molecular formula is C9H14F3NO4S. The summed E-state index contributed by atoms with van der Waals surface area (Å²) in [7, 11) is -4.00. The van der Waals surface area contributed by atoms with Crippen molar-refractivity contribution in [2.24, 2.45) is 0 Å². The summed E-state index contributed by atoms with van der Waals surface area (Å²) in [5.74, 6) is -2.00. The Morgan fingerprint density at radius 3 is 2.22 bits per heavy atom. The topological polar surface area (TPSA) is 83.5 Å². The Labute approximate surface area is 102 Å². The first-order valence-corrected chi connectivity index (χ1v) is 7.03. The van der Waals surface area contributed by atoms with Crippen molar-refractivity contribution in [3.05, 3.63) is 0 Å². The average molecular weight is 289 g/mol. The largest absolute Gasteiger partial charge is 0.480 e. The van der Waals surface area contributed by atoms with Gasteiger partial charge in [-0.25, -0.2) is 8.42 Å². The quantitative estimate of drug-likeness (QED) is 0.771. The highest BCUT2D eigenvalue weighted by atomic mass is 32.2. The van der Waals surface area contributed by atoms with Crippen LogP contribution < -0.4 is 4.72 Å². The standard InChI is InChI=1S/C9H14F3NO4S/c10-9(11,12)5-2-6-18(16,17)13-8(7(14)15)3-1-4-8/h13H,1-6H2,(H,14,15). The summed E-state index contributed by atoms with van der Waals surface area (Å²) in [5, 5.41) is 8.89. The Bertz CT molecular complexity index is 414. The molecule has 0 aromatic rings. The van der Waals surface area contributed by atoms with Gasteiger partial charge in [-0.05, 0) is 25.7 Å². The van der Waals surface area contributed by atoms with Gasteiger partial charge in [0, 0.05) is 6.42 Å². The molecule has 5 nitrogen and oxygen atoms in total. The third-order valence-electron chi connectivity index (χ3n) is 2.84. The average Bonchev–Trinajstić information content (AvgIpc) is 2.08. The molecule has 106 valence electrons. The van der Waals surface area contributed by atoms with Gasteiger partial charge in [-0.3, -0.25) is 4.79 Å². The summed E-state index contributed by atoms with van der Waals surface area (Å²) < 4.78 is 60.6. The molecule has 0 amide bonds. The lowest BCUT2D eigenvalue weighted by Crippen LogP contribution is -2.59. The second-order valence-corrected chi connectivity index (χ2v) is 6.22. The minimum Gasteiger partial charge on any atom is -0.480 e. The Hall–Kier alpha value is -0.830. The number of halogens is 3. The van der Waals surface area contributed by atoms with E-state index in [4.69, 9.17) is 5.11 Å². The fourth-order valence-corrected chi connectivity index (χ4v) is 3.21. The number of carbonyl (C=O) groups is 1. The van der Waals surface area contributed by atoms with E-state index in [9.17, 15) is 26.4 Å². The van der Waals surface area contributed by atoms with Crippen LogP contribution >= 0.6 is 0 Å². The van der Waals surface area contributed by atoms with Gasteiger partial charge in [0.25, 0.3) is 0 Å². The highest BCUT2D eigenvalue weighted by molar-refractivity contribution is 7.89. The van der Waals surface area contributed by atoms with E-state index in [1.165, 1.54) is 0 Å². The van der Waals surface area contributed by atoms with Gasteiger partial charge in [0.2, 0.25) is 10.0 Å². The van der Waals surface area contributed by atoms with E-state index in [0.29, 0.717) is 6.42 Å². The number of carboxylic acid groups (broad SMARTS) is 1. The highest BCUT2D eigenvalue weighted by Crippen LogP contribution is 2.33. The first-order valence-electron chi connectivity index (χ1n) is 5.38. The van der Waals surface area contributed by atoms with Gasteiger partial charge >= 0.3 is 12.1 Å². The number of carboxylic acids is 1. The van der Waals surface area contributed by atoms with Crippen LogP contribution in [0.5, 0.6) is 0 Å². The Morgan fingerprint density at radius 1 is 1.33 bits per heavy atom. The maximum atomic E-state index is 11.9. The molecule has 0 aromatic carbocycles. The first kappa shape index (κ1) is 15.2. The van der Waals surface area contributed by atoms with Crippen molar-refractivity contribution < 1.29 is 31.5 Å². The zero-order chi connectivity index (χ0) is 14.0. The lowest BCUT2D eigenvalue weighted by atomic mass is 9.78. The Morgan fingerprint density at radius 2 is 1.89 bits per heavy atom. The van der Waals surface area contributed by atoms with Crippen molar-refractivity contribution in [2.45, 2.75) is 43.8 Å². The molecule has 0 bridgehead atoms. The van der Waals surface area contributed by atoms with Gasteiger partial charge in [-0.2, -0.15) is 17.9 Å².